The van der Waals surface area contributed by atoms with Gasteiger partial charge in [-0.1, -0.05) is 25.2 Å². The molecule has 5 aliphatic rings. The number of hydrogen-bond donors (Lipinski definition) is 0. The molecule has 0 atom stereocenters. The standard InChI is InChI=1S/C25H27N3O4.C25H29N3O3.C24H27N3O3.C23H25FN6O2/c1-16-10-19(17-6-8-27(9-7-17)20-14-32-15-20)13-28-24(29)12-21(26-25(16)28)18-4-5-22(30-2)23(11-18)31-3;1-16(2)27-10-8-18(9-11-27)20-12-17(3)25-26-21(14-24(29)28(25)15-20)19-6-7-22(30-4)23(13-19)31-5;1-5-26-10-8-17(9-11-26)19-12-16(2)24-25-20(14-23(28)27(24)15-19)18-6-7-21(29-3)22(13-18)30-4;1-16-13-29-14-17(11-19(24)23(29)25-16)20-12-22(31)30-15-18(3-4-21(30)26-20)28-7-5-27(6-8-28)9-10-32-2/h4-6,10-13,20H,7-9,14-15H2,1-3H3;6-8,12-16H,9-11H2,1-5H3;6-8,12-15H,5,9-11H2,1-4H3;3-4,11-15H,5-10H2,1-2H3. The van der Waals surface area contributed by atoms with E-state index in [9.17, 15) is 23.6 Å². The van der Waals surface area contributed by atoms with Gasteiger partial charge in [0, 0.05) is 169 Å². The minimum absolute atomic E-state index is 0.0960. The molecule has 0 aliphatic carbocycles. The number of halogens is 1. The van der Waals surface area contributed by atoms with E-state index in [0.29, 0.717) is 97.5 Å². The number of methoxy groups -OCH3 is 7. The molecule has 13 aromatic rings. The molecule has 2 saturated heterocycles. The van der Waals surface area contributed by atoms with Crippen LogP contribution in [0.15, 0.2) is 190 Å². The Hall–Kier alpha value is -12.7. The van der Waals surface area contributed by atoms with Crippen molar-refractivity contribution >= 4 is 50.6 Å². The summed E-state index contributed by atoms with van der Waals surface area (Å²) in [5.41, 5.74) is 19.3. The lowest BCUT2D eigenvalue weighted by atomic mass is 9.98. The van der Waals surface area contributed by atoms with Crippen LogP contribution in [0.4, 0.5) is 10.1 Å². The highest BCUT2D eigenvalue weighted by Gasteiger charge is 2.29. The van der Waals surface area contributed by atoms with Gasteiger partial charge in [0.05, 0.1) is 103 Å². The average Bonchev–Trinajstić information content (AvgIpc) is 1.11. The molecular weight excluding hydrogens is 1590 g/mol. The van der Waals surface area contributed by atoms with Crippen LogP contribution in [0.1, 0.15) is 79.1 Å². The summed E-state index contributed by atoms with van der Waals surface area (Å²) in [6.45, 7) is 28.4. The molecule has 18 rings (SSSR count). The fraction of sp³-hybridized carbons (Fsp3) is 0.351. The van der Waals surface area contributed by atoms with E-state index >= 15 is 0 Å². The third-order valence-corrected chi connectivity index (χ3v) is 24.0. The zero-order chi connectivity index (χ0) is 87.9. The molecule has 0 bridgehead atoms. The number of pyridine rings is 5. The molecule has 10 aromatic heterocycles. The van der Waals surface area contributed by atoms with Gasteiger partial charge in [-0.05, 0) is 208 Å². The van der Waals surface area contributed by atoms with E-state index in [1.165, 1.54) is 28.9 Å². The molecule has 650 valence electrons. The predicted octanol–water partition coefficient (Wildman–Crippen LogP) is 13.4. The zero-order valence-corrected chi connectivity index (χ0v) is 73.5. The fourth-order valence-electron chi connectivity index (χ4n) is 16.6. The predicted molar refractivity (Wildman–Crippen MR) is 488 cm³/mol. The van der Waals surface area contributed by atoms with Gasteiger partial charge >= 0.3 is 0 Å². The third kappa shape index (κ3) is 19.2. The summed E-state index contributed by atoms with van der Waals surface area (Å²) in [6, 6.07) is 35.5. The van der Waals surface area contributed by atoms with Crippen molar-refractivity contribution in [2.24, 2.45) is 0 Å². The summed E-state index contributed by atoms with van der Waals surface area (Å²) in [5.74, 6) is 3.29. The summed E-state index contributed by atoms with van der Waals surface area (Å²) in [7, 11) is 11.3. The van der Waals surface area contributed by atoms with Gasteiger partial charge < -0.3 is 47.2 Å². The Bertz CT molecular complexity index is 6560. The molecule has 0 N–H and O–H groups in total. The van der Waals surface area contributed by atoms with Crippen molar-refractivity contribution in [1.29, 1.82) is 0 Å². The number of ether oxygens (including phenoxy) is 8. The normalized spacial score (nSPS) is 15.4. The Kier molecular flexibility index (Phi) is 26.9. The van der Waals surface area contributed by atoms with E-state index in [2.05, 4.69) is 91.7 Å². The topological polar surface area (TPSA) is 245 Å². The molecule has 0 saturated carbocycles. The number of fused-ring (bicyclic) bond motifs is 5. The lowest BCUT2D eigenvalue weighted by Gasteiger charge is -2.38. The van der Waals surface area contributed by atoms with Crippen LogP contribution >= 0.6 is 0 Å². The lowest BCUT2D eigenvalue weighted by Crippen LogP contribution is -2.50. The zero-order valence-electron chi connectivity index (χ0n) is 73.5. The summed E-state index contributed by atoms with van der Waals surface area (Å²) >= 11 is 0. The summed E-state index contributed by atoms with van der Waals surface area (Å²) in [4.78, 5) is 87.1. The second-order valence-electron chi connectivity index (χ2n) is 32.2. The Morgan fingerprint density at radius 1 is 0.424 bits per heavy atom. The molecule has 125 heavy (non-hydrogen) atoms. The number of piperazine rings is 1. The summed E-state index contributed by atoms with van der Waals surface area (Å²) in [6.07, 6.45) is 20.9. The van der Waals surface area contributed by atoms with Gasteiger partial charge in [-0.25, -0.2) is 29.3 Å². The van der Waals surface area contributed by atoms with Gasteiger partial charge in [0.1, 0.15) is 22.6 Å². The van der Waals surface area contributed by atoms with Crippen molar-refractivity contribution in [2.75, 3.05) is 153 Å². The van der Waals surface area contributed by atoms with Crippen molar-refractivity contribution in [3.63, 3.8) is 0 Å². The molecule has 0 spiro atoms. The van der Waals surface area contributed by atoms with E-state index in [-0.39, 0.29) is 27.9 Å². The quantitative estimate of drug-likeness (QED) is 0.0688. The number of nitrogens with zero attached hydrogens (tertiary/aromatic N) is 15. The smallest absolute Gasteiger partial charge is 0.258 e. The van der Waals surface area contributed by atoms with Crippen molar-refractivity contribution in [1.82, 2.24) is 66.5 Å². The first-order valence-corrected chi connectivity index (χ1v) is 42.3. The maximum atomic E-state index is 14.5. The van der Waals surface area contributed by atoms with Crippen LogP contribution in [0.3, 0.4) is 0 Å². The van der Waals surface area contributed by atoms with Crippen LogP contribution in [-0.4, -0.2) is 227 Å². The summed E-state index contributed by atoms with van der Waals surface area (Å²) < 4.78 is 65.3. The minimum Gasteiger partial charge on any atom is -0.493 e. The maximum absolute atomic E-state index is 14.5. The van der Waals surface area contributed by atoms with Gasteiger partial charge in [0.15, 0.2) is 46.0 Å². The summed E-state index contributed by atoms with van der Waals surface area (Å²) in [5, 5.41) is 0. The molecule has 27 nitrogen and oxygen atoms in total. The van der Waals surface area contributed by atoms with Crippen LogP contribution in [-0.2, 0) is 9.47 Å². The van der Waals surface area contributed by atoms with Crippen LogP contribution in [0.25, 0.3) is 90.0 Å². The van der Waals surface area contributed by atoms with Crippen LogP contribution in [0.2, 0.25) is 0 Å². The molecule has 0 radical (unpaired) electrons. The van der Waals surface area contributed by atoms with E-state index in [1.54, 1.807) is 102 Å². The van der Waals surface area contributed by atoms with Gasteiger partial charge in [-0.3, -0.25) is 56.4 Å². The SMILES string of the molecule is CCN1CC=C(c2cc(C)c3nc(-c4ccc(OC)c(OC)c4)cc(=O)n3c2)CC1.COCCN1CCN(c2ccc3nc(-c4cc(F)c5nc(C)cn5c4)cc(=O)n3c2)CC1.COc1ccc(-c2cc(=O)n3cc(C4=CCN(C(C)C)CC4)cc(C)c3n2)cc1OC.COc1ccc(-c2cc(=O)n3cc(C4=CCN(C5COC5)CC4)cc(C)c3n2)cc1OC. The average molecular weight is 1700 g/mol. The van der Waals surface area contributed by atoms with Gasteiger partial charge in [-0.15, -0.1) is 0 Å². The Labute approximate surface area is 725 Å². The number of anilines is 1. The Morgan fingerprint density at radius 2 is 0.880 bits per heavy atom. The Morgan fingerprint density at radius 3 is 1.29 bits per heavy atom. The van der Waals surface area contributed by atoms with Gasteiger partial charge in [-0.2, -0.15) is 0 Å². The highest BCUT2D eigenvalue weighted by atomic mass is 19.1. The van der Waals surface area contributed by atoms with E-state index in [1.807, 2.05) is 119 Å². The lowest BCUT2D eigenvalue weighted by molar-refractivity contribution is -0.0612. The first kappa shape index (κ1) is 87.2. The monoisotopic (exact) mass is 1690 g/mol. The van der Waals surface area contributed by atoms with Gasteiger partial charge in [0.25, 0.3) is 22.2 Å². The molecular formula is C97H108FN15O12. The number of hydrogen-bond acceptors (Lipinski definition) is 22. The second kappa shape index (κ2) is 38.6. The second-order valence-corrected chi connectivity index (χ2v) is 32.2. The number of rotatable bonds is 20. The molecule has 3 aromatic carbocycles. The minimum atomic E-state index is -0.447. The van der Waals surface area contributed by atoms with Crippen LogP contribution in [0, 0.1) is 33.5 Å². The van der Waals surface area contributed by atoms with E-state index in [0.717, 1.165) is 179 Å². The molecule has 28 heteroatoms. The number of likely N-dealkylation sites (N-methyl/N-ethyl adjacent to an activating group) is 1. The van der Waals surface area contributed by atoms with Gasteiger partial charge in [0.2, 0.25) is 0 Å². The molecule has 2 fully saturated rings. The fourth-order valence-corrected chi connectivity index (χ4v) is 16.6. The van der Waals surface area contributed by atoms with Crippen LogP contribution < -0.4 is 55.6 Å². The largest absolute Gasteiger partial charge is 0.493 e. The van der Waals surface area contributed by atoms with Crippen LogP contribution in [0.5, 0.6) is 34.5 Å². The first-order chi connectivity index (χ1) is 60.5. The number of aryl methyl sites for hydroxylation is 4. The van der Waals surface area contributed by atoms with Crippen molar-refractivity contribution in [2.45, 2.75) is 79.8 Å². The number of imidazole rings is 1. The highest BCUT2D eigenvalue weighted by molar-refractivity contribution is 5.75. The van der Waals surface area contributed by atoms with E-state index < -0.39 is 5.82 Å². The molecule has 0 amide bonds. The highest BCUT2D eigenvalue weighted by Crippen LogP contribution is 2.37. The van der Waals surface area contributed by atoms with Crippen molar-refractivity contribution in [3.8, 4) is 79.5 Å². The van der Waals surface area contributed by atoms with Crippen molar-refractivity contribution in [3.05, 3.63) is 257 Å². The van der Waals surface area contributed by atoms with E-state index in [4.69, 9.17) is 52.8 Å². The molecule has 0 unspecified atom stereocenters. The third-order valence-electron chi connectivity index (χ3n) is 24.0. The van der Waals surface area contributed by atoms with Crippen molar-refractivity contribution < 1.29 is 42.3 Å². The first-order valence-electron chi connectivity index (χ1n) is 42.3. The maximum Gasteiger partial charge on any atom is 0.258 e. The number of aromatic nitrogens is 10. The molecule has 15 heterocycles. The number of benzene rings is 3. The Balaban J connectivity index is 0.000000129. The molecule has 5 aliphatic heterocycles.